The van der Waals surface area contributed by atoms with Gasteiger partial charge in [0, 0.05) is 35.8 Å². The molecule has 3 aromatic rings. The van der Waals surface area contributed by atoms with Crippen molar-refractivity contribution in [3.63, 3.8) is 0 Å². The highest BCUT2D eigenvalue weighted by Crippen LogP contribution is 2.47. The molecule has 2 atom stereocenters. The SMILES string of the molecule is CNC(=O)NC1(C)CCC(Nc2c(C(N)=O)cnn3cc(-c4ccccc4)cc23)C1(C)C. The minimum atomic E-state index is -0.535. The molecule has 0 saturated heterocycles. The molecular weight excluding hydrogens is 404 g/mol. The number of fused-ring (bicyclic) bond motifs is 1. The van der Waals surface area contributed by atoms with Crippen molar-refractivity contribution in [2.45, 2.75) is 45.2 Å². The predicted octanol–water partition coefficient (Wildman–Crippen LogP) is 3.39. The molecule has 32 heavy (non-hydrogen) atoms. The predicted molar refractivity (Wildman–Crippen MR) is 126 cm³/mol. The number of nitrogens with two attached hydrogens (primary N) is 1. The minimum absolute atomic E-state index is 0.00373. The van der Waals surface area contributed by atoms with Crippen LogP contribution in [0.3, 0.4) is 0 Å². The smallest absolute Gasteiger partial charge is 0.314 e. The third kappa shape index (κ3) is 3.55. The lowest BCUT2D eigenvalue weighted by molar-refractivity contribution is 0.100. The fourth-order valence-corrected chi connectivity index (χ4v) is 4.65. The molecule has 1 fully saturated rings. The van der Waals surface area contributed by atoms with Crippen LogP contribution in [0.25, 0.3) is 16.6 Å². The third-order valence-electron chi connectivity index (χ3n) is 7.17. The van der Waals surface area contributed by atoms with Crippen molar-refractivity contribution >= 4 is 23.1 Å². The van der Waals surface area contributed by atoms with Crippen LogP contribution in [0, 0.1) is 5.41 Å². The van der Waals surface area contributed by atoms with Gasteiger partial charge < -0.3 is 21.7 Å². The number of nitrogens with zero attached hydrogens (tertiary/aromatic N) is 2. The Hall–Kier alpha value is -3.55. The summed E-state index contributed by atoms with van der Waals surface area (Å²) in [6.07, 6.45) is 5.08. The van der Waals surface area contributed by atoms with E-state index in [0.29, 0.717) is 11.3 Å². The normalized spacial score (nSPS) is 21.9. The highest BCUT2D eigenvalue weighted by Gasteiger charge is 2.52. The zero-order valence-electron chi connectivity index (χ0n) is 18.9. The molecular formula is C24H30N6O2. The van der Waals surface area contributed by atoms with Crippen molar-refractivity contribution < 1.29 is 9.59 Å². The second-order valence-corrected chi connectivity index (χ2v) is 9.22. The summed E-state index contributed by atoms with van der Waals surface area (Å²) in [6, 6.07) is 11.8. The van der Waals surface area contributed by atoms with Crippen LogP contribution in [0.4, 0.5) is 10.5 Å². The lowest BCUT2D eigenvalue weighted by atomic mass is 9.74. The molecule has 0 aliphatic heterocycles. The summed E-state index contributed by atoms with van der Waals surface area (Å²) in [5.41, 5.74) is 8.84. The van der Waals surface area contributed by atoms with Gasteiger partial charge in [-0.05, 0) is 31.4 Å². The Morgan fingerprint density at radius 3 is 2.53 bits per heavy atom. The number of aromatic nitrogens is 2. The fourth-order valence-electron chi connectivity index (χ4n) is 4.65. The highest BCUT2D eigenvalue weighted by molar-refractivity contribution is 6.02. The van der Waals surface area contributed by atoms with Crippen molar-refractivity contribution in [3.05, 3.63) is 54.4 Å². The van der Waals surface area contributed by atoms with Gasteiger partial charge in [0.1, 0.15) is 0 Å². The van der Waals surface area contributed by atoms with Gasteiger partial charge >= 0.3 is 6.03 Å². The van der Waals surface area contributed by atoms with Gasteiger partial charge in [-0.1, -0.05) is 44.2 Å². The molecule has 4 rings (SSSR count). The number of anilines is 1. The van der Waals surface area contributed by atoms with Gasteiger partial charge in [-0.3, -0.25) is 4.79 Å². The summed E-state index contributed by atoms with van der Waals surface area (Å²) >= 11 is 0. The van der Waals surface area contributed by atoms with Gasteiger partial charge in [-0.25, -0.2) is 9.31 Å². The molecule has 168 valence electrons. The van der Waals surface area contributed by atoms with Crippen LogP contribution in [-0.4, -0.2) is 40.2 Å². The molecule has 0 spiro atoms. The second kappa shape index (κ2) is 7.85. The van der Waals surface area contributed by atoms with Crippen LogP contribution in [0.2, 0.25) is 0 Å². The summed E-state index contributed by atoms with van der Waals surface area (Å²) in [7, 11) is 1.61. The highest BCUT2D eigenvalue weighted by atomic mass is 16.2. The molecule has 1 saturated carbocycles. The first-order valence-electron chi connectivity index (χ1n) is 10.8. The first-order valence-corrected chi connectivity index (χ1v) is 10.8. The monoisotopic (exact) mass is 434 g/mol. The molecule has 1 aromatic carbocycles. The Kier molecular flexibility index (Phi) is 5.32. The Morgan fingerprint density at radius 1 is 1.16 bits per heavy atom. The van der Waals surface area contributed by atoms with Crippen LogP contribution >= 0.6 is 0 Å². The first-order chi connectivity index (χ1) is 15.2. The van der Waals surface area contributed by atoms with Gasteiger partial charge in [0.05, 0.1) is 23.0 Å². The van der Waals surface area contributed by atoms with Crippen LogP contribution in [-0.2, 0) is 0 Å². The van der Waals surface area contributed by atoms with E-state index in [4.69, 9.17) is 5.73 Å². The summed E-state index contributed by atoms with van der Waals surface area (Å²) < 4.78 is 1.76. The number of hydrogen-bond acceptors (Lipinski definition) is 4. The van der Waals surface area contributed by atoms with Crippen LogP contribution in [0.15, 0.2) is 48.8 Å². The topological polar surface area (TPSA) is 114 Å². The maximum absolute atomic E-state index is 12.3. The third-order valence-corrected chi connectivity index (χ3v) is 7.17. The Bertz CT molecular complexity index is 1170. The number of urea groups is 1. The maximum Gasteiger partial charge on any atom is 0.314 e. The van der Waals surface area contributed by atoms with Gasteiger partial charge in [-0.2, -0.15) is 5.10 Å². The number of hydrogen-bond donors (Lipinski definition) is 4. The Labute approximate surface area is 187 Å². The van der Waals surface area contributed by atoms with E-state index in [9.17, 15) is 9.59 Å². The molecule has 8 nitrogen and oxygen atoms in total. The number of benzene rings is 1. The van der Waals surface area contributed by atoms with Crippen molar-refractivity contribution in [1.82, 2.24) is 20.2 Å². The summed E-state index contributed by atoms with van der Waals surface area (Å²) in [5.74, 6) is -0.535. The first kappa shape index (κ1) is 21.7. The average molecular weight is 435 g/mol. The van der Waals surface area contributed by atoms with Crippen molar-refractivity contribution in [1.29, 1.82) is 0 Å². The summed E-state index contributed by atoms with van der Waals surface area (Å²) in [5, 5.41) is 13.8. The van der Waals surface area contributed by atoms with E-state index in [-0.39, 0.29) is 17.5 Å². The van der Waals surface area contributed by atoms with E-state index in [0.717, 1.165) is 29.5 Å². The molecule has 5 N–H and O–H groups in total. The summed E-state index contributed by atoms with van der Waals surface area (Å²) in [4.78, 5) is 24.3. The molecule has 2 aromatic heterocycles. The van der Waals surface area contributed by atoms with E-state index >= 15 is 0 Å². The van der Waals surface area contributed by atoms with E-state index in [1.54, 1.807) is 11.6 Å². The van der Waals surface area contributed by atoms with Crippen molar-refractivity contribution in [3.8, 4) is 11.1 Å². The van der Waals surface area contributed by atoms with E-state index < -0.39 is 11.4 Å². The van der Waals surface area contributed by atoms with Gasteiger partial charge in [-0.15, -0.1) is 0 Å². The molecule has 1 aliphatic carbocycles. The van der Waals surface area contributed by atoms with E-state index in [1.165, 1.54) is 6.20 Å². The van der Waals surface area contributed by atoms with Crippen LogP contribution < -0.4 is 21.7 Å². The van der Waals surface area contributed by atoms with E-state index in [2.05, 4.69) is 41.8 Å². The zero-order chi connectivity index (χ0) is 23.1. The van der Waals surface area contributed by atoms with E-state index in [1.807, 2.05) is 42.6 Å². The van der Waals surface area contributed by atoms with Crippen molar-refractivity contribution in [2.24, 2.45) is 11.1 Å². The average Bonchev–Trinajstić information content (AvgIpc) is 3.29. The number of carbonyl (C=O) groups is 2. The quantitative estimate of drug-likeness (QED) is 0.493. The molecule has 2 heterocycles. The number of rotatable bonds is 5. The van der Waals surface area contributed by atoms with Crippen LogP contribution in [0.5, 0.6) is 0 Å². The number of nitrogens with one attached hydrogen (secondary N) is 3. The molecule has 3 amide bonds. The fraction of sp³-hybridized carbons (Fsp3) is 0.375. The number of primary amides is 1. The van der Waals surface area contributed by atoms with Gasteiger partial charge in [0.25, 0.3) is 5.91 Å². The van der Waals surface area contributed by atoms with Gasteiger partial charge in [0.15, 0.2) is 0 Å². The molecule has 0 bridgehead atoms. The van der Waals surface area contributed by atoms with Crippen LogP contribution in [0.1, 0.15) is 44.0 Å². The molecule has 2 unspecified atom stereocenters. The number of carbonyl (C=O) groups excluding carboxylic acids is 2. The zero-order valence-corrected chi connectivity index (χ0v) is 18.9. The minimum Gasteiger partial charge on any atom is -0.379 e. The molecule has 0 radical (unpaired) electrons. The van der Waals surface area contributed by atoms with Crippen molar-refractivity contribution in [2.75, 3.05) is 12.4 Å². The standard InChI is InChI=1S/C24H30N6O2/c1-23(2)19(10-11-24(23,3)29-22(32)26-4)28-20-17(21(25)31)13-27-30-14-16(12-18(20)30)15-8-6-5-7-9-15/h5-9,12-14,19,28H,10-11H2,1-4H3,(H2,25,31)(H2,26,29,32). The second-order valence-electron chi connectivity index (χ2n) is 9.22. The lowest BCUT2D eigenvalue weighted by Crippen LogP contribution is -2.58. The Balaban J connectivity index is 1.75. The molecule has 8 heteroatoms. The summed E-state index contributed by atoms with van der Waals surface area (Å²) in [6.45, 7) is 6.32. The largest absolute Gasteiger partial charge is 0.379 e. The molecule has 1 aliphatic rings. The lowest BCUT2D eigenvalue weighted by Gasteiger charge is -2.42. The van der Waals surface area contributed by atoms with Gasteiger partial charge in [0.2, 0.25) is 0 Å². The maximum atomic E-state index is 12.3. The Morgan fingerprint density at radius 2 is 1.88 bits per heavy atom. The number of amides is 3.